The summed E-state index contributed by atoms with van der Waals surface area (Å²) < 4.78 is 10.4. The van der Waals surface area contributed by atoms with Gasteiger partial charge in [-0.25, -0.2) is 0 Å². The SMILES string of the molecule is COCC1OC(C)C(O)C1C. The van der Waals surface area contributed by atoms with Crippen LogP contribution in [0.1, 0.15) is 13.8 Å². The molecule has 0 aromatic carbocycles. The van der Waals surface area contributed by atoms with Gasteiger partial charge in [0.25, 0.3) is 0 Å². The maximum Gasteiger partial charge on any atom is 0.0864 e. The number of ether oxygens (including phenoxy) is 2. The van der Waals surface area contributed by atoms with E-state index in [1.165, 1.54) is 0 Å². The fourth-order valence-electron chi connectivity index (χ4n) is 1.48. The normalized spacial score (nSPS) is 44.7. The number of methoxy groups -OCH3 is 1. The molecule has 4 unspecified atom stereocenters. The van der Waals surface area contributed by atoms with Crippen LogP contribution in [0, 0.1) is 5.92 Å². The molecular formula is C8H16O3. The molecule has 1 rings (SSSR count). The highest BCUT2D eigenvalue weighted by Gasteiger charge is 2.37. The Bertz CT molecular complexity index is 127. The summed E-state index contributed by atoms with van der Waals surface area (Å²) in [4.78, 5) is 0. The van der Waals surface area contributed by atoms with Crippen LogP contribution < -0.4 is 0 Å². The largest absolute Gasteiger partial charge is 0.390 e. The van der Waals surface area contributed by atoms with E-state index in [-0.39, 0.29) is 24.2 Å². The topological polar surface area (TPSA) is 38.7 Å². The smallest absolute Gasteiger partial charge is 0.0864 e. The molecule has 0 aromatic heterocycles. The van der Waals surface area contributed by atoms with Crippen molar-refractivity contribution >= 4 is 0 Å². The van der Waals surface area contributed by atoms with Crippen molar-refractivity contribution in [1.29, 1.82) is 0 Å². The van der Waals surface area contributed by atoms with Crippen molar-refractivity contribution in [3.05, 3.63) is 0 Å². The minimum absolute atomic E-state index is 0.0508. The summed E-state index contributed by atoms with van der Waals surface area (Å²) in [6.07, 6.45) is -0.328. The van der Waals surface area contributed by atoms with Crippen molar-refractivity contribution in [2.75, 3.05) is 13.7 Å². The predicted molar refractivity (Wildman–Crippen MR) is 41.4 cm³/mol. The third kappa shape index (κ3) is 1.72. The molecule has 0 aromatic rings. The molecule has 1 N–H and O–H groups in total. The lowest BCUT2D eigenvalue weighted by atomic mass is 10.00. The second kappa shape index (κ2) is 3.52. The molecule has 1 saturated heterocycles. The lowest BCUT2D eigenvalue weighted by molar-refractivity contribution is -0.0124. The van der Waals surface area contributed by atoms with Crippen molar-refractivity contribution in [3.63, 3.8) is 0 Å². The van der Waals surface area contributed by atoms with Crippen molar-refractivity contribution < 1.29 is 14.6 Å². The summed E-state index contributed by atoms with van der Waals surface area (Å²) in [5, 5.41) is 9.48. The van der Waals surface area contributed by atoms with Crippen molar-refractivity contribution in [3.8, 4) is 0 Å². The van der Waals surface area contributed by atoms with Crippen molar-refractivity contribution in [2.45, 2.75) is 32.2 Å². The first-order valence-electron chi connectivity index (χ1n) is 3.99. The van der Waals surface area contributed by atoms with Gasteiger partial charge in [-0.05, 0) is 6.92 Å². The van der Waals surface area contributed by atoms with Gasteiger partial charge in [0.05, 0.1) is 24.9 Å². The van der Waals surface area contributed by atoms with Gasteiger partial charge in [-0.2, -0.15) is 0 Å². The molecule has 1 aliphatic heterocycles. The van der Waals surface area contributed by atoms with E-state index < -0.39 is 0 Å². The zero-order valence-electron chi connectivity index (χ0n) is 7.28. The van der Waals surface area contributed by atoms with Crippen LogP contribution in [-0.2, 0) is 9.47 Å². The van der Waals surface area contributed by atoms with E-state index in [0.29, 0.717) is 6.61 Å². The van der Waals surface area contributed by atoms with Crippen LogP contribution in [0.25, 0.3) is 0 Å². The van der Waals surface area contributed by atoms with Gasteiger partial charge < -0.3 is 14.6 Å². The van der Waals surface area contributed by atoms with E-state index in [1.807, 2.05) is 13.8 Å². The molecule has 3 heteroatoms. The lowest BCUT2D eigenvalue weighted by Crippen LogP contribution is -2.25. The van der Waals surface area contributed by atoms with Crippen LogP contribution >= 0.6 is 0 Å². The van der Waals surface area contributed by atoms with E-state index >= 15 is 0 Å². The molecule has 1 fully saturated rings. The molecule has 0 bridgehead atoms. The van der Waals surface area contributed by atoms with Crippen LogP contribution in [0.3, 0.4) is 0 Å². The second-order valence-corrected chi connectivity index (χ2v) is 3.18. The van der Waals surface area contributed by atoms with Crippen molar-refractivity contribution in [2.24, 2.45) is 5.92 Å². The Balaban J connectivity index is 2.45. The summed E-state index contributed by atoms with van der Waals surface area (Å²) in [5.74, 6) is 0.185. The summed E-state index contributed by atoms with van der Waals surface area (Å²) in [5.41, 5.74) is 0. The van der Waals surface area contributed by atoms with Crippen LogP contribution in [-0.4, -0.2) is 37.1 Å². The van der Waals surface area contributed by atoms with Crippen LogP contribution in [0.4, 0.5) is 0 Å². The quantitative estimate of drug-likeness (QED) is 0.636. The molecule has 11 heavy (non-hydrogen) atoms. The average Bonchev–Trinajstić information content (AvgIpc) is 2.19. The number of aliphatic hydroxyl groups excluding tert-OH is 1. The minimum Gasteiger partial charge on any atom is -0.390 e. The third-order valence-electron chi connectivity index (χ3n) is 2.33. The summed E-state index contributed by atoms with van der Waals surface area (Å²) in [7, 11) is 1.64. The maximum absolute atomic E-state index is 9.48. The number of rotatable bonds is 2. The van der Waals surface area contributed by atoms with Gasteiger partial charge in [0.15, 0.2) is 0 Å². The number of hydrogen-bond acceptors (Lipinski definition) is 3. The zero-order chi connectivity index (χ0) is 8.43. The van der Waals surface area contributed by atoms with Gasteiger partial charge in [0.1, 0.15) is 0 Å². The number of aliphatic hydroxyl groups is 1. The first-order chi connectivity index (χ1) is 5.16. The van der Waals surface area contributed by atoms with E-state index in [9.17, 15) is 5.11 Å². The van der Waals surface area contributed by atoms with Gasteiger partial charge in [-0.15, -0.1) is 0 Å². The molecule has 0 amide bonds. The van der Waals surface area contributed by atoms with Crippen LogP contribution in [0.2, 0.25) is 0 Å². The Kier molecular flexibility index (Phi) is 2.87. The highest BCUT2D eigenvalue weighted by molar-refractivity contribution is 4.85. The highest BCUT2D eigenvalue weighted by atomic mass is 16.5. The summed E-state index contributed by atoms with van der Waals surface area (Å²) in [6.45, 7) is 4.44. The Hall–Kier alpha value is -0.120. The van der Waals surface area contributed by atoms with Gasteiger partial charge >= 0.3 is 0 Å². The molecule has 0 aliphatic carbocycles. The lowest BCUT2D eigenvalue weighted by Gasteiger charge is -2.13. The molecule has 66 valence electrons. The van der Waals surface area contributed by atoms with Gasteiger partial charge in [-0.3, -0.25) is 0 Å². The highest BCUT2D eigenvalue weighted by Crippen LogP contribution is 2.26. The summed E-state index contributed by atoms with van der Waals surface area (Å²) >= 11 is 0. The van der Waals surface area contributed by atoms with Crippen molar-refractivity contribution in [1.82, 2.24) is 0 Å². The van der Waals surface area contributed by atoms with E-state index in [0.717, 1.165) is 0 Å². The van der Waals surface area contributed by atoms with E-state index in [1.54, 1.807) is 7.11 Å². The molecular weight excluding hydrogens is 144 g/mol. The minimum atomic E-state index is -0.338. The maximum atomic E-state index is 9.48. The second-order valence-electron chi connectivity index (χ2n) is 3.18. The molecule has 4 atom stereocenters. The average molecular weight is 160 g/mol. The fourth-order valence-corrected chi connectivity index (χ4v) is 1.48. The fraction of sp³-hybridized carbons (Fsp3) is 1.00. The molecule has 0 saturated carbocycles. The van der Waals surface area contributed by atoms with E-state index in [4.69, 9.17) is 9.47 Å². The van der Waals surface area contributed by atoms with Gasteiger partial charge in [-0.1, -0.05) is 6.92 Å². The third-order valence-corrected chi connectivity index (χ3v) is 2.33. The Morgan fingerprint density at radius 3 is 2.45 bits per heavy atom. The van der Waals surface area contributed by atoms with Crippen LogP contribution in [0.15, 0.2) is 0 Å². The Morgan fingerprint density at radius 1 is 1.45 bits per heavy atom. The predicted octanol–water partition coefficient (Wildman–Crippen LogP) is 0.417. The zero-order valence-corrected chi connectivity index (χ0v) is 7.28. The molecule has 0 spiro atoms. The van der Waals surface area contributed by atoms with E-state index in [2.05, 4.69) is 0 Å². The van der Waals surface area contributed by atoms with Gasteiger partial charge in [0.2, 0.25) is 0 Å². The first kappa shape index (κ1) is 8.97. The molecule has 3 nitrogen and oxygen atoms in total. The number of hydrogen-bond donors (Lipinski definition) is 1. The Labute approximate surface area is 67.3 Å². The molecule has 1 aliphatic rings. The summed E-state index contributed by atoms with van der Waals surface area (Å²) in [6, 6.07) is 0. The van der Waals surface area contributed by atoms with Crippen LogP contribution in [0.5, 0.6) is 0 Å². The standard InChI is InChI=1S/C8H16O3/c1-5-7(4-10-3)11-6(2)8(5)9/h5-9H,4H2,1-3H3. The first-order valence-corrected chi connectivity index (χ1v) is 3.99. The molecule has 0 radical (unpaired) electrons. The van der Waals surface area contributed by atoms with Gasteiger partial charge in [0, 0.05) is 13.0 Å². The Morgan fingerprint density at radius 2 is 2.09 bits per heavy atom. The monoisotopic (exact) mass is 160 g/mol. The molecule has 1 heterocycles.